The Hall–Kier alpha value is -1.78. The van der Waals surface area contributed by atoms with E-state index in [-0.39, 0.29) is 23.9 Å². The molecule has 0 saturated carbocycles. The van der Waals surface area contributed by atoms with Crippen LogP contribution in [0.3, 0.4) is 0 Å². The Morgan fingerprint density at radius 3 is 2.85 bits per heavy atom. The van der Waals surface area contributed by atoms with Crippen LogP contribution in [0.1, 0.15) is 35.5 Å². The second-order valence-corrected chi connectivity index (χ2v) is 10.2. The van der Waals surface area contributed by atoms with Gasteiger partial charge in [0.1, 0.15) is 10.7 Å². The molecule has 1 unspecified atom stereocenters. The number of H-pyrrole nitrogens is 1. The minimum absolute atomic E-state index is 0.170. The average Bonchev–Trinajstić information content (AvgIpc) is 2.87. The summed E-state index contributed by atoms with van der Waals surface area (Å²) in [6, 6.07) is -0.182. The van der Waals surface area contributed by atoms with Gasteiger partial charge in [-0.15, -0.1) is 11.3 Å². The van der Waals surface area contributed by atoms with Crippen molar-refractivity contribution in [2.24, 2.45) is 0 Å². The van der Waals surface area contributed by atoms with Crippen LogP contribution in [-0.4, -0.2) is 54.0 Å². The Morgan fingerprint density at radius 1 is 1.41 bits per heavy atom. The highest BCUT2D eigenvalue weighted by molar-refractivity contribution is 7.88. The van der Waals surface area contributed by atoms with Gasteiger partial charge in [-0.25, -0.2) is 17.7 Å². The number of sulfonamides is 1. The van der Waals surface area contributed by atoms with E-state index in [0.29, 0.717) is 35.6 Å². The number of aromatic nitrogens is 2. The van der Waals surface area contributed by atoms with Gasteiger partial charge in [-0.2, -0.15) is 0 Å². The number of hydrogen-bond acceptors (Lipinski definition) is 6. The van der Waals surface area contributed by atoms with Crippen molar-refractivity contribution in [1.82, 2.24) is 19.6 Å². The van der Waals surface area contributed by atoms with Crippen molar-refractivity contribution >= 4 is 37.5 Å². The van der Waals surface area contributed by atoms with Gasteiger partial charge < -0.3 is 10.3 Å². The summed E-state index contributed by atoms with van der Waals surface area (Å²) in [6.07, 6.45) is 3.18. The van der Waals surface area contributed by atoms with Crippen molar-refractivity contribution in [2.45, 2.75) is 45.6 Å². The Labute approximate surface area is 162 Å². The monoisotopic (exact) mass is 412 g/mol. The van der Waals surface area contributed by atoms with E-state index in [2.05, 4.69) is 15.3 Å². The highest BCUT2D eigenvalue weighted by Crippen LogP contribution is 2.25. The molecule has 2 N–H and O–H groups in total. The molecule has 0 aromatic carbocycles. The Kier molecular flexibility index (Phi) is 5.68. The highest BCUT2D eigenvalue weighted by atomic mass is 32.2. The second-order valence-electron chi connectivity index (χ2n) is 7.00. The van der Waals surface area contributed by atoms with Crippen molar-refractivity contribution in [3.8, 4) is 0 Å². The minimum Gasteiger partial charge on any atom is -0.352 e. The van der Waals surface area contributed by atoms with E-state index >= 15 is 0 Å². The number of nitrogens with zero attached hydrogens (tertiary/aromatic N) is 2. The number of fused-ring (bicyclic) bond motifs is 1. The molecular weight excluding hydrogens is 388 g/mol. The summed E-state index contributed by atoms with van der Waals surface area (Å²) in [6.45, 7) is 4.66. The number of aromatic amines is 1. The number of nitrogens with one attached hydrogen (secondary N) is 2. The lowest BCUT2D eigenvalue weighted by atomic mass is 10.1. The molecule has 2 aromatic heterocycles. The fraction of sp³-hybridized carbons (Fsp3) is 0.588. The lowest BCUT2D eigenvalue weighted by Crippen LogP contribution is -2.49. The molecule has 1 aliphatic rings. The van der Waals surface area contributed by atoms with Crippen LogP contribution in [0.25, 0.3) is 10.2 Å². The number of piperidine rings is 1. The molecule has 27 heavy (non-hydrogen) atoms. The van der Waals surface area contributed by atoms with Crippen molar-refractivity contribution in [1.29, 1.82) is 0 Å². The van der Waals surface area contributed by atoms with E-state index in [1.807, 2.05) is 13.8 Å². The molecule has 1 atom stereocenters. The van der Waals surface area contributed by atoms with Crippen LogP contribution in [-0.2, 0) is 21.2 Å². The first kappa shape index (κ1) is 20.0. The third-order valence-electron chi connectivity index (χ3n) is 4.90. The Bertz CT molecular complexity index is 1030. The quantitative estimate of drug-likeness (QED) is 0.763. The van der Waals surface area contributed by atoms with Gasteiger partial charge in [0.15, 0.2) is 0 Å². The van der Waals surface area contributed by atoms with Gasteiger partial charge in [-0.3, -0.25) is 9.59 Å². The minimum atomic E-state index is -3.24. The number of amides is 1. The summed E-state index contributed by atoms with van der Waals surface area (Å²) < 4.78 is 24.7. The summed E-state index contributed by atoms with van der Waals surface area (Å²) in [5.41, 5.74) is 0.772. The number of aryl methyl sites for hydroxylation is 3. The summed E-state index contributed by atoms with van der Waals surface area (Å²) in [5, 5.41) is 3.51. The normalized spacial score (nSPS) is 18.7. The van der Waals surface area contributed by atoms with E-state index in [0.717, 1.165) is 23.3 Å². The predicted molar refractivity (Wildman–Crippen MR) is 106 cm³/mol. The lowest BCUT2D eigenvalue weighted by Gasteiger charge is -2.31. The van der Waals surface area contributed by atoms with Crippen LogP contribution in [0.4, 0.5) is 0 Å². The van der Waals surface area contributed by atoms with Crippen LogP contribution in [0.5, 0.6) is 0 Å². The third-order valence-corrected chi connectivity index (χ3v) is 7.27. The van der Waals surface area contributed by atoms with Gasteiger partial charge in [-0.05, 0) is 32.3 Å². The Balaban J connectivity index is 1.61. The molecule has 0 radical (unpaired) electrons. The molecule has 0 aliphatic carbocycles. The van der Waals surface area contributed by atoms with Gasteiger partial charge in [0.05, 0.1) is 11.6 Å². The van der Waals surface area contributed by atoms with Crippen LogP contribution >= 0.6 is 11.3 Å². The van der Waals surface area contributed by atoms with Crippen molar-refractivity contribution in [3.63, 3.8) is 0 Å². The predicted octanol–water partition coefficient (Wildman–Crippen LogP) is 1.07. The van der Waals surface area contributed by atoms with Crippen LogP contribution in [0, 0.1) is 13.8 Å². The van der Waals surface area contributed by atoms with E-state index in [1.54, 1.807) is 0 Å². The van der Waals surface area contributed by atoms with Gasteiger partial charge >= 0.3 is 0 Å². The number of hydrogen-bond donors (Lipinski definition) is 2. The zero-order valence-electron chi connectivity index (χ0n) is 15.7. The van der Waals surface area contributed by atoms with E-state index in [9.17, 15) is 18.0 Å². The van der Waals surface area contributed by atoms with Gasteiger partial charge in [0.25, 0.3) is 5.56 Å². The summed E-state index contributed by atoms with van der Waals surface area (Å²) in [4.78, 5) is 33.5. The third kappa shape index (κ3) is 4.56. The SMILES string of the molecule is Cc1sc2nc(CCC(=O)NC3CCCN(S(C)(=O)=O)C3)[nH]c(=O)c2c1C. The molecule has 148 valence electrons. The summed E-state index contributed by atoms with van der Waals surface area (Å²) in [7, 11) is -3.24. The fourth-order valence-corrected chi connectivity index (χ4v) is 5.27. The molecule has 0 spiro atoms. The van der Waals surface area contributed by atoms with Crippen molar-refractivity contribution in [2.75, 3.05) is 19.3 Å². The zero-order chi connectivity index (χ0) is 19.8. The zero-order valence-corrected chi connectivity index (χ0v) is 17.3. The smallest absolute Gasteiger partial charge is 0.259 e. The largest absolute Gasteiger partial charge is 0.352 e. The van der Waals surface area contributed by atoms with Gasteiger partial charge in [-0.1, -0.05) is 0 Å². The second kappa shape index (κ2) is 7.69. The highest BCUT2D eigenvalue weighted by Gasteiger charge is 2.26. The molecule has 3 rings (SSSR count). The van der Waals surface area contributed by atoms with E-state index in [4.69, 9.17) is 0 Å². The average molecular weight is 413 g/mol. The number of thiophene rings is 1. The standard InChI is InChI=1S/C17H24N4O4S2/c1-10-11(2)26-17-15(10)16(23)19-13(20-17)6-7-14(22)18-12-5-4-8-21(9-12)27(3,24)25/h12H,4-9H2,1-3H3,(H,18,22)(H,19,20,23). The number of carbonyl (C=O) groups excluding carboxylic acids is 1. The molecule has 1 fully saturated rings. The van der Waals surface area contributed by atoms with Crippen molar-refractivity contribution in [3.05, 3.63) is 26.6 Å². The fourth-order valence-electron chi connectivity index (χ4n) is 3.31. The summed E-state index contributed by atoms with van der Waals surface area (Å²) in [5.74, 6) is 0.321. The maximum absolute atomic E-state index is 12.3. The topological polar surface area (TPSA) is 112 Å². The first-order valence-electron chi connectivity index (χ1n) is 8.88. The first-order valence-corrected chi connectivity index (χ1v) is 11.5. The molecule has 2 aromatic rings. The number of carbonyl (C=O) groups is 1. The first-order chi connectivity index (χ1) is 12.6. The molecule has 1 saturated heterocycles. The molecule has 0 bridgehead atoms. The van der Waals surface area contributed by atoms with Gasteiger partial charge in [0.2, 0.25) is 15.9 Å². The summed E-state index contributed by atoms with van der Waals surface area (Å²) >= 11 is 1.48. The molecule has 1 amide bonds. The van der Waals surface area contributed by atoms with Crippen molar-refractivity contribution < 1.29 is 13.2 Å². The maximum atomic E-state index is 12.3. The molecule has 3 heterocycles. The lowest BCUT2D eigenvalue weighted by molar-refractivity contribution is -0.122. The maximum Gasteiger partial charge on any atom is 0.259 e. The molecular formula is C17H24N4O4S2. The van der Waals surface area contributed by atoms with Crippen LogP contribution < -0.4 is 10.9 Å². The van der Waals surface area contributed by atoms with Crippen LogP contribution in [0.15, 0.2) is 4.79 Å². The van der Waals surface area contributed by atoms with E-state index < -0.39 is 10.0 Å². The Morgan fingerprint density at radius 2 is 2.15 bits per heavy atom. The van der Waals surface area contributed by atoms with E-state index in [1.165, 1.54) is 21.9 Å². The van der Waals surface area contributed by atoms with Gasteiger partial charge in [0, 0.05) is 36.9 Å². The molecule has 8 nitrogen and oxygen atoms in total. The van der Waals surface area contributed by atoms with Crippen LogP contribution in [0.2, 0.25) is 0 Å². The molecule has 1 aliphatic heterocycles. The number of rotatable bonds is 5. The molecule has 10 heteroatoms.